The predicted octanol–water partition coefficient (Wildman–Crippen LogP) is 4.18. The summed E-state index contributed by atoms with van der Waals surface area (Å²) in [7, 11) is 0. The quantitative estimate of drug-likeness (QED) is 0.352. The highest BCUT2D eigenvalue weighted by molar-refractivity contribution is 6.35. The summed E-state index contributed by atoms with van der Waals surface area (Å²) in [5, 5.41) is 20.5. The van der Waals surface area contributed by atoms with Crippen LogP contribution in [0.15, 0.2) is 48.5 Å². The van der Waals surface area contributed by atoms with E-state index in [1.54, 1.807) is 18.2 Å². The average molecular weight is 417 g/mol. The van der Waals surface area contributed by atoms with E-state index >= 15 is 0 Å². The number of hydrogen-bond acceptors (Lipinski definition) is 6. The number of anilines is 1. The topological polar surface area (TPSA) is 109 Å². The molecule has 0 unspecified atom stereocenters. The number of aromatic nitrogens is 1. The van der Waals surface area contributed by atoms with Crippen molar-refractivity contribution in [3.8, 4) is 11.5 Å². The van der Waals surface area contributed by atoms with Gasteiger partial charge in [-0.15, -0.1) is 0 Å². The maximum absolute atomic E-state index is 11.5. The number of amides is 1. The molecule has 0 aliphatic heterocycles. The van der Waals surface area contributed by atoms with E-state index in [-0.39, 0.29) is 16.4 Å². The number of carboxylic acid groups (broad SMARTS) is 1. The van der Waals surface area contributed by atoms with E-state index in [4.69, 9.17) is 21.1 Å². The summed E-state index contributed by atoms with van der Waals surface area (Å²) in [4.78, 5) is 27.1. The highest BCUT2D eigenvalue weighted by Gasteiger charge is 2.24. The number of carbonyl (C=O) groups excluding carboxylic acids is 1. The zero-order valence-corrected chi connectivity index (χ0v) is 16.1. The van der Waals surface area contributed by atoms with Gasteiger partial charge in [0.2, 0.25) is 0 Å². The maximum atomic E-state index is 11.5. The third kappa shape index (κ3) is 4.67. The molecule has 150 valence electrons. The Kier molecular flexibility index (Phi) is 6.04. The van der Waals surface area contributed by atoms with E-state index < -0.39 is 24.5 Å². The zero-order chi connectivity index (χ0) is 21.0. The van der Waals surface area contributed by atoms with Gasteiger partial charge in [0.1, 0.15) is 17.5 Å². The number of benzene rings is 2. The average Bonchev–Trinajstić information content (AvgIpc) is 2.70. The predicted molar refractivity (Wildman–Crippen MR) is 106 cm³/mol. The van der Waals surface area contributed by atoms with Gasteiger partial charge in [0, 0.05) is 17.7 Å². The summed E-state index contributed by atoms with van der Waals surface area (Å²) >= 11 is 6.23. The number of rotatable bonds is 6. The summed E-state index contributed by atoms with van der Waals surface area (Å²) in [5.41, 5.74) is 0.984. The first-order valence-electron chi connectivity index (χ1n) is 8.49. The molecule has 1 heterocycles. The Morgan fingerprint density at radius 3 is 2.52 bits per heavy atom. The summed E-state index contributed by atoms with van der Waals surface area (Å²) < 4.78 is 10.5. The van der Waals surface area contributed by atoms with Crippen molar-refractivity contribution in [2.24, 2.45) is 0 Å². The van der Waals surface area contributed by atoms with Gasteiger partial charge in [-0.2, -0.15) is 0 Å². The molecule has 0 atom stereocenters. The molecule has 2 aromatic carbocycles. The summed E-state index contributed by atoms with van der Waals surface area (Å²) in [6.07, 6.45) is -1.47. The van der Waals surface area contributed by atoms with Gasteiger partial charge in [0.25, 0.3) is 0 Å². The van der Waals surface area contributed by atoms with E-state index in [0.29, 0.717) is 22.6 Å². The lowest BCUT2D eigenvalue weighted by Crippen LogP contribution is -2.33. The number of hydrogen-bond donors (Lipinski definition) is 2. The summed E-state index contributed by atoms with van der Waals surface area (Å²) in [6.45, 7) is 0.847. The molecular formula is C20H17ClN2O6. The van der Waals surface area contributed by atoms with Gasteiger partial charge >= 0.3 is 12.1 Å². The van der Waals surface area contributed by atoms with Crippen molar-refractivity contribution in [3.63, 3.8) is 0 Å². The van der Waals surface area contributed by atoms with Gasteiger partial charge in [0.05, 0.1) is 0 Å². The fraction of sp³-hybridized carbons (Fsp3) is 0.150. The normalized spacial score (nSPS) is 10.6. The third-order valence-electron chi connectivity index (χ3n) is 4.02. The van der Waals surface area contributed by atoms with Crippen molar-refractivity contribution < 1.29 is 29.3 Å². The van der Waals surface area contributed by atoms with Crippen molar-refractivity contribution in [1.82, 2.24) is 4.98 Å². The van der Waals surface area contributed by atoms with Crippen LogP contribution in [0.1, 0.15) is 12.5 Å². The lowest BCUT2D eigenvalue weighted by Gasteiger charge is -2.20. The first-order valence-corrected chi connectivity index (χ1v) is 8.87. The molecule has 0 fully saturated rings. The second kappa shape index (κ2) is 8.66. The summed E-state index contributed by atoms with van der Waals surface area (Å²) in [5.74, 6) is -0.919. The highest BCUT2D eigenvalue weighted by Crippen LogP contribution is 2.38. The van der Waals surface area contributed by atoms with Crippen molar-refractivity contribution in [3.05, 3.63) is 59.2 Å². The van der Waals surface area contributed by atoms with Crippen LogP contribution >= 0.6 is 11.6 Å². The van der Waals surface area contributed by atoms with Crippen LogP contribution < -0.4 is 9.64 Å². The lowest BCUT2D eigenvalue weighted by atomic mass is 10.1. The Balaban J connectivity index is 1.92. The monoisotopic (exact) mass is 416 g/mol. The van der Waals surface area contributed by atoms with Crippen molar-refractivity contribution in [1.29, 1.82) is 0 Å². The molecule has 0 saturated heterocycles. The van der Waals surface area contributed by atoms with Gasteiger partial charge in [-0.25, -0.2) is 14.7 Å². The number of fused-ring (bicyclic) bond motifs is 1. The number of halogens is 1. The number of ether oxygens (including phenoxy) is 2. The fourth-order valence-electron chi connectivity index (χ4n) is 2.61. The van der Waals surface area contributed by atoms with E-state index in [1.807, 2.05) is 30.3 Å². The maximum Gasteiger partial charge on any atom is 0.415 e. The minimum Gasteiger partial charge on any atom is -0.504 e. The summed E-state index contributed by atoms with van der Waals surface area (Å²) in [6, 6.07) is 14.4. The lowest BCUT2D eigenvalue weighted by molar-refractivity contribution is -0.140. The molecule has 0 aliphatic rings. The van der Waals surface area contributed by atoms with Gasteiger partial charge in [0.15, 0.2) is 18.3 Å². The van der Waals surface area contributed by atoms with Crippen LogP contribution in [0.25, 0.3) is 10.8 Å². The van der Waals surface area contributed by atoms with E-state index in [9.17, 15) is 19.8 Å². The third-order valence-corrected chi connectivity index (χ3v) is 4.30. The molecule has 9 heteroatoms. The van der Waals surface area contributed by atoms with Crippen LogP contribution in [0.3, 0.4) is 0 Å². The molecule has 0 saturated carbocycles. The minimum absolute atomic E-state index is 0.0352. The molecule has 0 spiro atoms. The van der Waals surface area contributed by atoms with Gasteiger partial charge in [-0.05, 0) is 23.8 Å². The Hall–Kier alpha value is -3.52. The number of nitrogens with zero attached hydrogens (tertiary/aromatic N) is 2. The smallest absolute Gasteiger partial charge is 0.415 e. The van der Waals surface area contributed by atoms with Crippen LogP contribution in [0, 0.1) is 0 Å². The van der Waals surface area contributed by atoms with E-state index in [0.717, 1.165) is 12.5 Å². The first-order chi connectivity index (χ1) is 13.9. The molecule has 8 nitrogen and oxygen atoms in total. The van der Waals surface area contributed by atoms with Crippen LogP contribution in [0.5, 0.6) is 11.5 Å². The van der Waals surface area contributed by atoms with Crippen LogP contribution in [-0.2, 0) is 16.1 Å². The molecule has 1 amide bonds. The number of esters is 1. The molecule has 0 bridgehead atoms. The number of carbonyl (C=O) groups is 2. The second-order valence-corrected chi connectivity index (χ2v) is 6.39. The standard InChI is InChI=1S/C20H17ClN2O6/c1-12(24)29-11-23(20(26)27)19-17(25)15-8-7-14(9-16(15)18(21)22-19)28-10-13-5-3-2-4-6-13/h2-9,25H,10-11H2,1H3,(H,26,27). The van der Waals surface area contributed by atoms with E-state index in [1.165, 1.54) is 0 Å². The second-order valence-electron chi connectivity index (χ2n) is 6.03. The Labute approximate surface area is 170 Å². The molecule has 3 aromatic rings. The van der Waals surface area contributed by atoms with Crippen molar-refractivity contribution in [2.75, 3.05) is 11.6 Å². The largest absolute Gasteiger partial charge is 0.504 e. The Morgan fingerprint density at radius 1 is 1.14 bits per heavy atom. The zero-order valence-electron chi connectivity index (χ0n) is 15.3. The fourth-order valence-corrected chi connectivity index (χ4v) is 2.84. The van der Waals surface area contributed by atoms with Crippen LogP contribution in [-0.4, -0.2) is 34.0 Å². The SMILES string of the molecule is CC(=O)OCN(C(=O)O)c1nc(Cl)c2cc(OCc3ccccc3)ccc2c1O. The van der Waals surface area contributed by atoms with Crippen molar-refractivity contribution >= 4 is 40.3 Å². The van der Waals surface area contributed by atoms with Gasteiger partial charge in [-0.3, -0.25) is 4.79 Å². The molecule has 29 heavy (non-hydrogen) atoms. The first kappa shape index (κ1) is 20.2. The van der Waals surface area contributed by atoms with Gasteiger partial charge in [-0.1, -0.05) is 41.9 Å². The Bertz CT molecular complexity index is 1060. The number of pyridine rings is 1. The minimum atomic E-state index is -1.47. The molecule has 3 rings (SSSR count). The van der Waals surface area contributed by atoms with Gasteiger partial charge < -0.3 is 19.7 Å². The van der Waals surface area contributed by atoms with Crippen LogP contribution in [0.4, 0.5) is 10.6 Å². The van der Waals surface area contributed by atoms with Crippen LogP contribution in [0.2, 0.25) is 5.15 Å². The molecule has 0 aliphatic carbocycles. The molecule has 0 radical (unpaired) electrons. The highest BCUT2D eigenvalue weighted by atomic mass is 35.5. The van der Waals surface area contributed by atoms with E-state index in [2.05, 4.69) is 4.98 Å². The molecule has 1 aromatic heterocycles. The Morgan fingerprint density at radius 2 is 1.86 bits per heavy atom. The molecule has 2 N–H and O–H groups in total. The molecular weight excluding hydrogens is 400 g/mol. The van der Waals surface area contributed by atoms with Crippen molar-refractivity contribution in [2.45, 2.75) is 13.5 Å². The number of aromatic hydroxyl groups is 1.